The maximum absolute atomic E-state index is 11.6. The maximum Gasteiger partial charge on any atom is 0.248 e. The first-order chi connectivity index (χ1) is 8.74. The molecule has 1 amide bonds. The monoisotopic (exact) mass is 238 g/mol. The number of anilines is 1. The van der Waals surface area contributed by atoms with E-state index < -0.39 is 0 Å². The van der Waals surface area contributed by atoms with Crippen LogP contribution in [0.4, 0.5) is 5.69 Å². The van der Waals surface area contributed by atoms with Crippen LogP contribution in [-0.2, 0) is 4.79 Å². The average Bonchev–Trinajstić information content (AvgIpc) is 2.40. The van der Waals surface area contributed by atoms with E-state index in [4.69, 9.17) is 0 Å². The molecule has 0 radical (unpaired) electrons. The molecule has 90 valence electrons. The standard InChI is InChI=1S/C15H14N2O/c1-12-7-9-14(11-16-12)17-15(18)10-8-13-5-3-2-4-6-13/h2-11H,1H3,(H,17,18)/b10-8+. The molecule has 0 saturated carbocycles. The van der Waals surface area contributed by atoms with Crippen molar-refractivity contribution in [1.82, 2.24) is 4.98 Å². The predicted octanol–water partition coefficient (Wildman–Crippen LogP) is 3.04. The molecule has 0 aliphatic rings. The van der Waals surface area contributed by atoms with Gasteiger partial charge < -0.3 is 5.32 Å². The zero-order valence-corrected chi connectivity index (χ0v) is 10.1. The number of nitrogens with zero attached hydrogens (tertiary/aromatic N) is 1. The van der Waals surface area contributed by atoms with Crippen LogP contribution in [0.1, 0.15) is 11.3 Å². The second kappa shape index (κ2) is 5.77. The van der Waals surface area contributed by atoms with Gasteiger partial charge in [-0.15, -0.1) is 0 Å². The lowest BCUT2D eigenvalue weighted by Gasteiger charge is -2.01. The van der Waals surface area contributed by atoms with Gasteiger partial charge in [0.15, 0.2) is 0 Å². The fourth-order valence-corrected chi connectivity index (χ4v) is 1.46. The van der Waals surface area contributed by atoms with Crippen LogP contribution in [0, 0.1) is 6.92 Å². The molecular weight excluding hydrogens is 224 g/mol. The van der Waals surface area contributed by atoms with Gasteiger partial charge in [-0.25, -0.2) is 0 Å². The highest BCUT2D eigenvalue weighted by molar-refractivity contribution is 6.01. The quantitative estimate of drug-likeness (QED) is 0.835. The Bertz CT molecular complexity index is 544. The highest BCUT2D eigenvalue weighted by Crippen LogP contribution is 2.06. The minimum Gasteiger partial charge on any atom is -0.321 e. The summed E-state index contributed by atoms with van der Waals surface area (Å²) in [6.07, 6.45) is 4.93. The lowest BCUT2D eigenvalue weighted by molar-refractivity contribution is -0.111. The van der Waals surface area contributed by atoms with E-state index >= 15 is 0 Å². The summed E-state index contributed by atoms with van der Waals surface area (Å²) in [6.45, 7) is 1.90. The van der Waals surface area contributed by atoms with Crippen LogP contribution in [0.2, 0.25) is 0 Å². The van der Waals surface area contributed by atoms with Crippen LogP contribution in [-0.4, -0.2) is 10.9 Å². The molecule has 0 bridgehead atoms. The van der Waals surface area contributed by atoms with Crippen molar-refractivity contribution in [2.24, 2.45) is 0 Å². The van der Waals surface area contributed by atoms with Gasteiger partial charge in [-0.05, 0) is 30.7 Å². The molecule has 18 heavy (non-hydrogen) atoms. The summed E-state index contributed by atoms with van der Waals surface area (Å²) >= 11 is 0. The fraction of sp³-hybridized carbons (Fsp3) is 0.0667. The van der Waals surface area contributed by atoms with E-state index in [2.05, 4.69) is 10.3 Å². The van der Waals surface area contributed by atoms with Crippen LogP contribution < -0.4 is 5.32 Å². The fourth-order valence-electron chi connectivity index (χ4n) is 1.46. The van der Waals surface area contributed by atoms with Crippen molar-refractivity contribution in [3.8, 4) is 0 Å². The van der Waals surface area contributed by atoms with Gasteiger partial charge in [0.2, 0.25) is 5.91 Å². The van der Waals surface area contributed by atoms with Crippen LogP contribution in [0.3, 0.4) is 0 Å². The number of benzene rings is 1. The Kier molecular flexibility index (Phi) is 3.86. The Labute approximate surface area is 106 Å². The Morgan fingerprint density at radius 1 is 1.17 bits per heavy atom. The molecule has 0 fully saturated rings. The van der Waals surface area contributed by atoms with Crippen molar-refractivity contribution in [2.45, 2.75) is 6.92 Å². The van der Waals surface area contributed by atoms with Crippen LogP contribution >= 0.6 is 0 Å². The summed E-state index contributed by atoms with van der Waals surface area (Å²) in [5.41, 5.74) is 2.62. The highest BCUT2D eigenvalue weighted by Gasteiger charge is 1.97. The van der Waals surface area contributed by atoms with Crippen molar-refractivity contribution in [3.05, 3.63) is 66.0 Å². The maximum atomic E-state index is 11.6. The Balaban J connectivity index is 1.97. The number of carbonyl (C=O) groups is 1. The van der Waals surface area contributed by atoms with Crippen LogP contribution in [0.5, 0.6) is 0 Å². The average molecular weight is 238 g/mol. The van der Waals surface area contributed by atoms with Gasteiger partial charge in [-0.1, -0.05) is 30.3 Å². The molecule has 0 aliphatic heterocycles. The van der Waals surface area contributed by atoms with E-state index in [1.165, 1.54) is 6.08 Å². The normalized spacial score (nSPS) is 10.5. The number of aryl methyl sites for hydroxylation is 1. The van der Waals surface area contributed by atoms with Gasteiger partial charge in [0.25, 0.3) is 0 Å². The summed E-state index contributed by atoms with van der Waals surface area (Å²) in [6, 6.07) is 13.4. The van der Waals surface area contributed by atoms with Crippen molar-refractivity contribution < 1.29 is 4.79 Å². The Hall–Kier alpha value is -2.42. The summed E-state index contributed by atoms with van der Waals surface area (Å²) in [4.78, 5) is 15.8. The molecule has 3 nitrogen and oxygen atoms in total. The lowest BCUT2D eigenvalue weighted by atomic mass is 10.2. The van der Waals surface area contributed by atoms with E-state index in [1.807, 2.05) is 49.4 Å². The third kappa shape index (κ3) is 3.56. The summed E-state index contributed by atoms with van der Waals surface area (Å²) < 4.78 is 0. The molecule has 0 aliphatic carbocycles. The second-order valence-corrected chi connectivity index (χ2v) is 3.92. The third-order valence-corrected chi connectivity index (χ3v) is 2.41. The molecule has 0 saturated heterocycles. The summed E-state index contributed by atoms with van der Waals surface area (Å²) in [5.74, 6) is -0.162. The van der Waals surface area contributed by atoms with Crippen molar-refractivity contribution in [1.29, 1.82) is 0 Å². The molecule has 1 aromatic heterocycles. The minimum absolute atomic E-state index is 0.162. The van der Waals surface area contributed by atoms with E-state index in [1.54, 1.807) is 12.3 Å². The molecule has 0 atom stereocenters. The molecular formula is C15H14N2O. The smallest absolute Gasteiger partial charge is 0.248 e. The molecule has 0 unspecified atom stereocenters. The molecule has 1 aromatic carbocycles. The number of hydrogen-bond donors (Lipinski definition) is 1. The van der Waals surface area contributed by atoms with E-state index in [-0.39, 0.29) is 5.91 Å². The van der Waals surface area contributed by atoms with Crippen molar-refractivity contribution in [3.63, 3.8) is 0 Å². The molecule has 2 rings (SSSR count). The zero-order valence-electron chi connectivity index (χ0n) is 10.1. The van der Waals surface area contributed by atoms with E-state index in [0.29, 0.717) is 5.69 Å². The summed E-state index contributed by atoms with van der Waals surface area (Å²) in [7, 11) is 0. The first kappa shape index (κ1) is 12.0. The zero-order chi connectivity index (χ0) is 12.8. The van der Waals surface area contributed by atoms with Crippen LogP contribution in [0.25, 0.3) is 6.08 Å². The van der Waals surface area contributed by atoms with Crippen LogP contribution in [0.15, 0.2) is 54.7 Å². The molecule has 0 spiro atoms. The van der Waals surface area contributed by atoms with Gasteiger partial charge in [-0.2, -0.15) is 0 Å². The van der Waals surface area contributed by atoms with Gasteiger partial charge in [-0.3, -0.25) is 9.78 Å². The second-order valence-electron chi connectivity index (χ2n) is 3.92. The first-order valence-corrected chi connectivity index (χ1v) is 5.71. The number of aromatic nitrogens is 1. The molecule has 2 aromatic rings. The van der Waals surface area contributed by atoms with Gasteiger partial charge in [0.1, 0.15) is 0 Å². The lowest BCUT2D eigenvalue weighted by Crippen LogP contribution is -2.07. The number of carbonyl (C=O) groups excluding carboxylic acids is 1. The van der Waals surface area contributed by atoms with Crippen molar-refractivity contribution >= 4 is 17.7 Å². The molecule has 1 heterocycles. The number of nitrogens with one attached hydrogen (secondary N) is 1. The Morgan fingerprint density at radius 3 is 2.61 bits per heavy atom. The third-order valence-electron chi connectivity index (χ3n) is 2.41. The van der Waals surface area contributed by atoms with Gasteiger partial charge in [0.05, 0.1) is 11.9 Å². The van der Waals surface area contributed by atoms with E-state index in [0.717, 1.165) is 11.3 Å². The van der Waals surface area contributed by atoms with Gasteiger partial charge >= 0.3 is 0 Å². The number of hydrogen-bond acceptors (Lipinski definition) is 2. The van der Waals surface area contributed by atoms with E-state index in [9.17, 15) is 4.79 Å². The topological polar surface area (TPSA) is 42.0 Å². The highest BCUT2D eigenvalue weighted by atomic mass is 16.1. The largest absolute Gasteiger partial charge is 0.321 e. The minimum atomic E-state index is -0.162. The number of pyridine rings is 1. The predicted molar refractivity (Wildman–Crippen MR) is 73.1 cm³/mol. The first-order valence-electron chi connectivity index (χ1n) is 5.71. The summed E-state index contributed by atoms with van der Waals surface area (Å²) in [5, 5.41) is 2.75. The Morgan fingerprint density at radius 2 is 1.94 bits per heavy atom. The van der Waals surface area contributed by atoms with Crippen molar-refractivity contribution in [2.75, 3.05) is 5.32 Å². The number of amides is 1. The van der Waals surface area contributed by atoms with Gasteiger partial charge in [0, 0.05) is 11.8 Å². The SMILES string of the molecule is Cc1ccc(NC(=O)/C=C/c2ccccc2)cn1. The molecule has 1 N–H and O–H groups in total. The molecule has 3 heteroatoms. The number of rotatable bonds is 3.